The van der Waals surface area contributed by atoms with Crippen molar-refractivity contribution in [2.75, 3.05) is 38.2 Å². The molecule has 1 saturated heterocycles. The van der Waals surface area contributed by atoms with E-state index in [0.29, 0.717) is 6.42 Å². The number of hydrogen-bond acceptors (Lipinski definition) is 4. The van der Waals surface area contributed by atoms with E-state index in [2.05, 4.69) is 17.1 Å². The average Bonchev–Trinajstić information content (AvgIpc) is 2.38. The van der Waals surface area contributed by atoms with Crippen LogP contribution in [-0.2, 0) is 14.6 Å². The molecule has 20 heavy (non-hydrogen) atoms. The first-order valence-electron chi connectivity index (χ1n) is 7.60. The van der Waals surface area contributed by atoms with Gasteiger partial charge in [-0.25, -0.2) is 8.42 Å². The molecule has 0 radical (unpaired) electrons. The van der Waals surface area contributed by atoms with Crippen molar-refractivity contribution in [3.63, 3.8) is 0 Å². The molecule has 1 rings (SSSR count). The van der Waals surface area contributed by atoms with Crippen molar-refractivity contribution in [3.05, 3.63) is 0 Å². The zero-order valence-corrected chi connectivity index (χ0v) is 13.5. The fraction of sp³-hybridized carbons (Fsp3) is 0.929. The number of hydrogen-bond donors (Lipinski definition) is 1. The predicted octanol–water partition coefficient (Wildman–Crippen LogP) is 1.05. The average molecular weight is 304 g/mol. The van der Waals surface area contributed by atoms with E-state index in [1.165, 1.54) is 6.26 Å². The number of piperidine rings is 1. The third-order valence-electron chi connectivity index (χ3n) is 3.70. The van der Waals surface area contributed by atoms with Gasteiger partial charge in [-0.05, 0) is 38.8 Å². The highest BCUT2D eigenvalue weighted by atomic mass is 32.2. The maximum Gasteiger partial charge on any atom is 0.224 e. The molecule has 5 nitrogen and oxygen atoms in total. The van der Waals surface area contributed by atoms with Gasteiger partial charge in [0.1, 0.15) is 9.84 Å². The minimum atomic E-state index is -2.88. The van der Waals surface area contributed by atoms with Crippen LogP contribution in [0.3, 0.4) is 0 Å². The molecule has 0 aromatic heterocycles. The van der Waals surface area contributed by atoms with Gasteiger partial charge in [-0.15, -0.1) is 0 Å². The number of likely N-dealkylation sites (tertiary alicyclic amines) is 1. The summed E-state index contributed by atoms with van der Waals surface area (Å²) in [6.45, 7) is 5.38. The number of unbranched alkanes of at least 4 members (excludes halogenated alkanes) is 1. The Morgan fingerprint density at radius 3 is 2.75 bits per heavy atom. The highest BCUT2D eigenvalue weighted by molar-refractivity contribution is 7.90. The van der Waals surface area contributed by atoms with E-state index in [1.54, 1.807) is 0 Å². The second-order valence-corrected chi connectivity index (χ2v) is 8.03. The Morgan fingerprint density at radius 1 is 1.35 bits per heavy atom. The second kappa shape index (κ2) is 8.62. The highest BCUT2D eigenvalue weighted by Gasteiger charge is 2.25. The molecule has 0 aromatic carbocycles. The van der Waals surface area contributed by atoms with Gasteiger partial charge in [0.15, 0.2) is 0 Å². The molecule has 1 fully saturated rings. The Hall–Kier alpha value is -0.620. The number of carbonyl (C=O) groups is 1. The van der Waals surface area contributed by atoms with E-state index >= 15 is 0 Å². The number of rotatable bonds is 8. The lowest BCUT2D eigenvalue weighted by Gasteiger charge is -2.31. The summed E-state index contributed by atoms with van der Waals surface area (Å²) in [4.78, 5) is 14.2. The van der Waals surface area contributed by atoms with Gasteiger partial charge in [-0.2, -0.15) is 0 Å². The van der Waals surface area contributed by atoms with Crippen molar-refractivity contribution in [1.29, 1.82) is 0 Å². The quantitative estimate of drug-likeness (QED) is 0.681. The maximum absolute atomic E-state index is 12.0. The van der Waals surface area contributed by atoms with E-state index in [4.69, 9.17) is 0 Å². The van der Waals surface area contributed by atoms with Crippen LogP contribution in [0, 0.1) is 5.92 Å². The lowest BCUT2D eigenvalue weighted by molar-refractivity contribution is -0.126. The Kier molecular flexibility index (Phi) is 7.51. The SMILES string of the molecule is CCCCNC(=O)C1CCCN(CCCS(C)(=O)=O)C1. The zero-order valence-electron chi connectivity index (χ0n) is 12.7. The van der Waals surface area contributed by atoms with Gasteiger partial charge < -0.3 is 10.2 Å². The number of nitrogens with zero attached hydrogens (tertiary/aromatic N) is 1. The summed E-state index contributed by atoms with van der Waals surface area (Å²) in [5.74, 6) is 0.460. The third kappa shape index (κ3) is 7.24. The van der Waals surface area contributed by atoms with Crippen LogP contribution in [0.15, 0.2) is 0 Å². The lowest BCUT2D eigenvalue weighted by Crippen LogP contribution is -2.43. The summed E-state index contributed by atoms with van der Waals surface area (Å²) in [6.07, 6.45) is 6.00. The van der Waals surface area contributed by atoms with Gasteiger partial charge in [0.05, 0.1) is 11.7 Å². The molecular formula is C14H28N2O3S. The van der Waals surface area contributed by atoms with E-state index < -0.39 is 9.84 Å². The summed E-state index contributed by atoms with van der Waals surface area (Å²) >= 11 is 0. The van der Waals surface area contributed by atoms with Crippen LogP contribution in [0.4, 0.5) is 0 Å². The minimum absolute atomic E-state index is 0.0684. The third-order valence-corrected chi connectivity index (χ3v) is 4.73. The Balaban J connectivity index is 2.29. The summed E-state index contributed by atoms with van der Waals surface area (Å²) in [5.41, 5.74) is 0. The molecule has 1 aliphatic rings. The molecule has 0 spiro atoms. The summed E-state index contributed by atoms with van der Waals surface area (Å²) in [6, 6.07) is 0. The van der Waals surface area contributed by atoms with E-state index in [1.807, 2.05) is 0 Å². The van der Waals surface area contributed by atoms with Crippen molar-refractivity contribution < 1.29 is 13.2 Å². The van der Waals surface area contributed by atoms with Crippen LogP contribution < -0.4 is 5.32 Å². The van der Waals surface area contributed by atoms with Gasteiger partial charge in [0.2, 0.25) is 5.91 Å². The summed E-state index contributed by atoms with van der Waals surface area (Å²) in [5, 5.41) is 2.99. The second-order valence-electron chi connectivity index (χ2n) is 5.77. The first-order valence-corrected chi connectivity index (χ1v) is 9.66. The van der Waals surface area contributed by atoms with Crippen LogP contribution in [0.2, 0.25) is 0 Å². The normalized spacial score (nSPS) is 20.8. The molecule has 1 N–H and O–H groups in total. The Labute approximate surface area is 123 Å². The van der Waals surface area contributed by atoms with Crippen LogP contribution in [0.1, 0.15) is 39.0 Å². The topological polar surface area (TPSA) is 66.5 Å². The van der Waals surface area contributed by atoms with Gasteiger partial charge in [0, 0.05) is 19.3 Å². The van der Waals surface area contributed by atoms with E-state index in [9.17, 15) is 13.2 Å². The standard InChI is InChI=1S/C14H28N2O3S/c1-3-4-8-15-14(17)13-7-5-9-16(12-13)10-6-11-20(2,18)19/h13H,3-12H2,1-2H3,(H,15,17). The highest BCUT2D eigenvalue weighted by Crippen LogP contribution is 2.17. The van der Waals surface area contributed by atoms with Crippen molar-refractivity contribution in [1.82, 2.24) is 10.2 Å². The van der Waals surface area contributed by atoms with Crippen molar-refractivity contribution in [3.8, 4) is 0 Å². The molecule has 1 heterocycles. The molecule has 0 aromatic rings. The van der Waals surface area contributed by atoms with Crippen LogP contribution in [0.25, 0.3) is 0 Å². The minimum Gasteiger partial charge on any atom is -0.356 e. The van der Waals surface area contributed by atoms with Crippen LogP contribution >= 0.6 is 0 Å². The number of sulfone groups is 1. The van der Waals surface area contributed by atoms with E-state index in [-0.39, 0.29) is 17.6 Å². The monoisotopic (exact) mass is 304 g/mol. The molecule has 0 aliphatic carbocycles. The molecular weight excluding hydrogens is 276 g/mol. The molecule has 6 heteroatoms. The fourth-order valence-electron chi connectivity index (χ4n) is 2.56. The zero-order chi connectivity index (χ0) is 15.0. The Morgan fingerprint density at radius 2 is 2.10 bits per heavy atom. The molecule has 1 atom stereocenters. The molecule has 0 saturated carbocycles. The maximum atomic E-state index is 12.0. The number of carbonyl (C=O) groups excluding carboxylic acids is 1. The molecule has 1 unspecified atom stereocenters. The summed E-state index contributed by atoms with van der Waals surface area (Å²) < 4.78 is 22.2. The number of nitrogens with one attached hydrogen (secondary N) is 1. The van der Waals surface area contributed by atoms with Gasteiger partial charge >= 0.3 is 0 Å². The first kappa shape index (κ1) is 17.4. The first-order chi connectivity index (χ1) is 9.42. The Bertz CT molecular complexity index is 395. The summed E-state index contributed by atoms with van der Waals surface area (Å²) in [7, 11) is -2.88. The van der Waals surface area contributed by atoms with Crippen molar-refractivity contribution in [2.24, 2.45) is 5.92 Å². The van der Waals surface area contributed by atoms with Crippen LogP contribution in [0.5, 0.6) is 0 Å². The fourth-order valence-corrected chi connectivity index (χ4v) is 3.21. The molecule has 1 aliphatic heterocycles. The van der Waals surface area contributed by atoms with Gasteiger partial charge in [-0.1, -0.05) is 13.3 Å². The van der Waals surface area contributed by atoms with Crippen molar-refractivity contribution >= 4 is 15.7 Å². The van der Waals surface area contributed by atoms with Gasteiger partial charge in [-0.3, -0.25) is 4.79 Å². The van der Waals surface area contributed by atoms with Gasteiger partial charge in [0.25, 0.3) is 0 Å². The molecule has 118 valence electrons. The van der Waals surface area contributed by atoms with Crippen molar-refractivity contribution in [2.45, 2.75) is 39.0 Å². The molecule has 1 amide bonds. The lowest BCUT2D eigenvalue weighted by atomic mass is 9.97. The largest absolute Gasteiger partial charge is 0.356 e. The smallest absolute Gasteiger partial charge is 0.224 e. The molecule has 0 bridgehead atoms. The van der Waals surface area contributed by atoms with E-state index in [0.717, 1.165) is 51.9 Å². The predicted molar refractivity (Wildman–Crippen MR) is 81.4 cm³/mol. The van der Waals surface area contributed by atoms with Crippen LogP contribution in [-0.4, -0.2) is 57.4 Å². The number of amides is 1.